The summed E-state index contributed by atoms with van der Waals surface area (Å²) in [6.07, 6.45) is 1.15. The van der Waals surface area contributed by atoms with Crippen molar-refractivity contribution in [2.45, 2.75) is 85.9 Å². The Kier molecular flexibility index (Phi) is 6.67. The van der Waals surface area contributed by atoms with Crippen molar-refractivity contribution >= 4 is 16.5 Å². The van der Waals surface area contributed by atoms with Crippen molar-refractivity contribution in [3.05, 3.63) is 10.6 Å². The van der Waals surface area contributed by atoms with Crippen LogP contribution in [0.3, 0.4) is 0 Å². The first-order valence-corrected chi connectivity index (χ1v) is 9.02. The van der Waals surface area contributed by atoms with Gasteiger partial charge in [0.25, 0.3) is 0 Å². The lowest BCUT2D eigenvalue weighted by molar-refractivity contribution is 0.544. The Morgan fingerprint density at radius 3 is 2.24 bits per heavy atom. The average Bonchev–Trinajstić information content (AvgIpc) is 2.81. The molecule has 0 aromatic carbocycles. The van der Waals surface area contributed by atoms with E-state index in [2.05, 4.69) is 65.6 Å². The van der Waals surface area contributed by atoms with Gasteiger partial charge in [-0.1, -0.05) is 41.5 Å². The van der Waals surface area contributed by atoms with Gasteiger partial charge in [-0.2, -0.15) is 0 Å². The van der Waals surface area contributed by atoms with Gasteiger partial charge in [-0.15, -0.1) is 11.3 Å². The van der Waals surface area contributed by atoms with E-state index in [4.69, 9.17) is 4.98 Å². The number of hydrogen-bond donors (Lipinski definition) is 1. The van der Waals surface area contributed by atoms with Crippen molar-refractivity contribution in [1.29, 1.82) is 0 Å². The monoisotopic (exact) mass is 311 g/mol. The van der Waals surface area contributed by atoms with Gasteiger partial charge in [0.1, 0.15) is 0 Å². The summed E-state index contributed by atoms with van der Waals surface area (Å²) >= 11 is 1.86. The summed E-state index contributed by atoms with van der Waals surface area (Å²) in [5, 5.41) is 4.72. The van der Waals surface area contributed by atoms with Gasteiger partial charge < -0.3 is 10.2 Å². The van der Waals surface area contributed by atoms with Crippen LogP contribution < -0.4 is 10.2 Å². The molecule has 0 fully saturated rings. The summed E-state index contributed by atoms with van der Waals surface area (Å²) in [6, 6.07) is 1.04. The normalized spacial score (nSPS) is 13.8. The molecule has 1 aromatic heterocycles. The minimum absolute atomic E-state index is 0.0948. The van der Waals surface area contributed by atoms with Crippen LogP contribution in [0, 0.1) is 0 Å². The van der Waals surface area contributed by atoms with E-state index in [-0.39, 0.29) is 5.41 Å². The third-order valence-electron chi connectivity index (χ3n) is 3.78. The van der Waals surface area contributed by atoms with E-state index in [1.165, 1.54) is 15.7 Å². The van der Waals surface area contributed by atoms with Crippen LogP contribution in [0.15, 0.2) is 0 Å². The highest BCUT2D eigenvalue weighted by molar-refractivity contribution is 7.15. The first-order valence-electron chi connectivity index (χ1n) is 8.20. The molecule has 0 aliphatic carbocycles. The van der Waals surface area contributed by atoms with E-state index >= 15 is 0 Å². The third-order valence-corrected chi connectivity index (χ3v) is 4.87. The van der Waals surface area contributed by atoms with Gasteiger partial charge in [0, 0.05) is 35.5 Å². The van der Waals surface area contributed by atoms with Crippen molar-refractivity contribution in [3.8, 4) is 0 Å². The van der Waals surface area contributed by atoms with E-state index in [1.807, 2.05) is 11.3 Å². The van der Waals surface area contributed by atoms with Crippen molar-refractivity contribution in [1.82, 2.24) is 10.3 Å². The molecule has 122 valence electrons. The molecule has 1 atom stereocenters. The molecule has 1 N–H and O–H groups in total. The van der Waals surface area contributed by atoms with Gasteiger partial charge in [0.2, 0.25) is 0 Å². The molecule has 0 saturated carbocycles. The Morgan fingerprint density at radius 1 is 1.19 bits per heavy atom. The Bertz CT molecular complexity index is 432. The molecule has 1 unspecified atom stereocenters. The Morgan fingerprint density at radius 2 is 1.81 bits per heavy atom. The molecule has 3 nitrogen and oxygen atoms in total. The molecular formula is C17H33N3S. The molecular weight excluding hydrogens is 278 g/mol. The van der Waals surface area contributed by atoms with E-state index in [9.17, 15) is 0 Å². The van der Waals surface area contributed by atoms with Crippen LogP contribution >= 0.6 is 11.3 Å². The predicted molar refractivity (Wildman–Crippen MR) is 95.6 cm³/mol. The average molecular weight is 312 g/mol. The fourth-order valence-corrected chi connectivity index (χ4v) is 3.71. The molecule has 1 rings (SSSR count). The van der Waals surface area contributed by atoms with Crippen LogP contribution in [-0.2, 0) is 12.0 Å². The zero-order chi connectivity index (χ0) is 16.2. The lowest BCUT2D eigenvalue weighted by atomic mass is 9.91. The summed E-state index contributed by atoms with van der Waals surface area (Å²) in [5.74, 6) is 0. The highest BCUT2D eigenvalue weighted by atomic mass is 32.1. The number of hydrogen-bond acceptors (Lipinski definition) is 4. The van der Waals surface area contributed by atoms with E-state index in [0.29, 0.717) is 12.1 Å². The smallest absolute Gasteiger partial charge is 0.186 e. The van der Waals surface area contributed by atoms with Crippen LogP contribution in [0.2, 0.25) is 0 Å². The van der Waals surface area contributed by atoms with Crippen LogP contribution in [0.4, 0.5) is 5.13 Å². The highest BCUT2D eigenvalue weighted by Crippen LogP contribution is 2.34. The summed E-state index contributed by atoms with van der Waals surface area (Å²) < 4.78 is 0. The maximum atomic E-state index is 5.00. The lowest BCUT2D eigenvalue weighted by Crippen LogP contribution is -2.32. The van der Waals surface area contributed by atoms with Gasteiger partial charge in [-0.25, -0.2) is 4.98 Å². The van der Waals surface area contributed by atoms with Crippen LogP contribution in [0.1, 0.15) is 72.4 Å². The second kappa shape index (κ2) is 7.59. The second-order valence-electron chi connectivity index (χ2n) is 7.10. The fraction of sp³-hybridized carbons (Fsp3) is 0.824. The molecule has 0 amide bonds. The fourth-order valence-electron chi connectivity index (χ4n) is 2.32. The van der Waals surface area contributed by atoms with Crippen molar-refractivity contribution < 1.29 is 0 Å². The predicted octanol–water partition coefficient (Wildman–Crippen LogP) is 4.56. The standard InChI is InChI=1S/C17H33N3S/c1-9-13(5)20(10-2)16-19-15(17(6,7)8)14(21-16)11-18-12(3)4/h12-13,18H,9-11H2,1-8H3. The van der Waals surface area contributed by atoms with Gasteiger partial charge in [0.05, 0.1) is 5.69 Å². The van der Waals surface area contributed by atoms with Gasteiger partial charge in [-0.3, -0.25) is 0 Å². The van der Waals surface area contributed by atoms with Crippen LogP contribution in [-0.4, -0.2) is 23.6 Å². The molecule has 0 saturated heterocycles. The number of thiazole rings is 1. The summed E-state index contributed by atoms with van der Waals surface area (Å²) in [6.45, 7) is 19.8. The summed E-state index contributed by atoms with van der Waals surface area (Å²) in [7, 11) is 0. The maximum Gasteiger partial charge on any atom is 0.186 e. The van der Waals surface area contributed by atoms with Gasteiger partial charge >= 0.3 is 0 Å². The quantitative estimate of drug-likeness (QED) is 0.800. The van der Waals surface area contributed by atoms with E-state index in [1.54, 1.807) is 0 Å². The molecule has 1 heterocycles. The largest absolute Gasteiger partial charge is 0.346 e. The first-order chi connectivity index (χ1) is 9.70. The van der Waals surface area contributed by atoms with Crippen molar-refractivity contribution in [2.24, 2.45) is 0 Å². The number of nitrogens with zero attached hydrogens (tertiary/aromatic N) is 2. The Labute approximate surface area is 135 Å². The SMILES string of the molecule is CCC(C)N(CC)c1nc(C(C)(C)C)c(CNC(C)C)s1. The number of nitrogens with one attached hydrogen (secondary N) is 1. The lowest BCUT2D eigenvalue weighted by Gasteiger charge is -2.26. The maximum absolute atomic E-state index is 5.00. The third kappa shape index (κ3) is 4.96. The number of rotatable bonds is 7. The summed E-state index contributed by atoms with van der Waals surface area (Å²) in [4.78, 5) is 8.82. The molecule has 0 radical (unpaired) electrons. The minimum Gasteiger partial charge on any atom is -0.346 e. The van der Waals surface area contributed by atoms with Gasteiger partial charge in [0.15, 0.2) is 5.13 Å². The van der Waals surface area contributed by atoms with Gasteiger partial charge in [-0.05, 0) is 20.3 Å². The highest BCUT2D eigenvalue weighted by Gasteiger charge is 2.25. The molecule has 0 spiro atoms. The number of aromatic nitrogens is 1. The Balaban J connectivity index is 3.12. The first kappa shape index (κ1) is 18.4. The van der Waals surface area contributed by atoms with E-state index < -0.39 is 0 Å². The zero-order valence-corrected chi connectivity index (χ0v) is 15.9. The van der Waals surface area contributed by atoms with Crippen molar-refractivity contribution in [2.75, 3.05) is 11.4 Å². The zero-order valence-electron chi connectivity index (χ0n) is 15.1. The Hall–Kier alpha value is -0.610. The molecule has 4 heteroatoms. The summed E-state index contributed by atoms with van der Waals surface area (Å²) in [5.41, 5.74) is 1.34. The van der Waals surface area contributed by atoms with Crippen LogP contribution in [0.5, 0.6) is 0 Å². The second-order valence-corrected chi connectivity index (χ2v) is 8.16. The van der Waals surface area contributed by atoms with Crippen LogP contribution in [0.25, 0.3) is 0 Å². The molecule has 0 bridgehead atoms. The number of anilines is 1. The molecule has 1 aromatic rings. The topological polar surface area (TPSA) is 28.2 Å². The molecule has 0 aliphatic rings. The van der Waals surface area contributed by atoms with Crippen molar-refractivity contribution in [3.63, 3.8) is 0 Å². The minimum atomic E-state index is 0.0948. The molecule has 21 heavy (non-hydrogen) atoms. The van der Waals surface area contributed by atoms with E-state index in [0.717, 1.165) is 19.5 Å². The molecule has 0 aliphatic heterocycles.